The number of nitrogens with one attached hydrogen (secondary N) is 1. The molecule has 19 heavy (non-hydrogen) atoms. The van der Waals surface area contributed by atoms with Crippen molar-refractivity contribution in [1.29, 1.82) is 0 Å². The first-order chi connectivity index (χ1) is 9.02. The Morgan fingerprint density at radius 3 is 2.84 bits per heavy atom. The number of rotatable bonds is 5. The Morgan fingerprint density at radius 1 is 1.47 bits per heavy atom. The van der Waals surface area contributed by atoms with Crippen LogP contribution in [-0.2, 0) is 11.2 Å². The number of fused-ring (bicyclic) bond motifs is 1. The van der Waals surface area contributed by atoms with Crippen molar-refractivity contribution >= 4 is 23.0 Å². The molecule has 4 N–H and O–H groups in total. The van der Waals surface area contributed by atoms with Crippen LogP contribution < -0.4 is 16.0 Å². The number of anilines is 3. The summed E-state index contributed by atoms with van der Waals surface area (Å²) in [7, 11) is 0. The normalized spacial score (nSPS) is 13.6. The molecule has 0 atom stereocenters. The molecule has 2 rings (SSSR count). The first-order valence-electron chi connectivity index (χ1n) is 6.62. The number of benzene rings is 1. The van der Waals surface area contributed by atoms with Crippen LogP contribution in [0.4, 0.5) is 17.1 Å². The minimum absolute atomic E-state index is 0.0120. The predicted molar refractivity (Wildman–Crippen MR) is 77.4 cm³/mol. The Bertz CT molecular complexity index is 486. The van der Waals surface area contributed by atoms with Crippen LogP contribution in [0.1, 0.15) is 25.8 Å². The fourth-order valence-electron chi connectivity index (χ4n) is 2.43. The van der Waals surface area contributed by atoms with Gasteiger partial charge in [0, 0.05) is 24.9 Å². The molecule has 1 aromatic rings. The maximum atomic E-state index is 11.4. The smallest absolute Gasteiger partial charge is 0.228 e. The minimum atomic E-state index is 0.0120. The third kappa shape index (κ3) is 2.81. The molecular formula is C14H21N3O2. The highest BCUT2D eigenvalue weighted by molar-refractivity contribution is 6.00. The average Bonchev–Trinajstić information content (AvgIpc) is 2.68. The largest absolute Gasteiger partial charge is 0.397 e. The van der Waals surface area contributed by atoms with Crippen molar-refractivity contribution in [2.45, 2.75) is 32.7 Å². The SMILES string of the molecule is CC(C)N(CCCO)c1cc2c(cc1N)CC(=O)N2. The fraction of sp³-hybridized carbons (Fsp3) is 0.500. The molecular weight excluding hydrogens is 242 g/mol. The van der Waals surface area contributed by atoms with Gasteiger partial charge in [0.1, 0.15) is 0 Å². The van der Waals surface area contributed by atoms with Gasteiger partial charge in [-0.05, 0) is 38.0 Å². The van der Waals surface area contributed by atoms with Gasteiger partial charge in [0.05, 0.1) is 17.8 Å². The van der Waals surface area contributed by atoms with E-state index in [1.807, 2.05) is 12.1 Å². The maximum absolute atomic E-state index is 11.4. The summed E-state index contributed by atoms with van der Waals surface area (Å²) < 4.78 is 0. The second-order valence-electron chi connectivity index (χ2n) is 5.16. The molecule has 5 heteroatoms. The van der Waals surface area contributed by atoms with Gasteiger partial charge in [0.15, 0.2) is 0 Å². The maximum Gasteiger partial charge on any atom is 0.228 e. The van der Waals surface area contributed by atoms with Crippen molar-refractivity contribution in [3.63, 3.8) is 0 Å². The molecule has 1 aliphatic rings. The molecule has 0 saturated heterocycles. The summed E-state index contributed by atoms with van der Waals surface area (Å²) >= 11 is 0. The number of nitrogens with two attached hydrogens (primary N) is 1. The summed E-state index contributed by atoms with van der Waals surface area (Å²) in [6.45, 7) is 5.07. The highest BCUT2D eigenvalue weighted by atomic mass is 16.3. The van der Waals surface area contributed by atoms with Crippen molar-refractivity contribution in [3.05, 3.63) is 17.7 Å². The predicted octanol–water partition coefficient (Wildman–Crippen LogP) is 1.36. The molecule has 5 nitrogen and oxygen atoms in total. The number of amides is 1. The summed E-state index contributed by atoms with van der Waals surface area (Å²) in [5, 5.41) is 11.8. The van der Waals surface area contributed by atoms with Crippen molar-refractivity contribution in [2.75, 3.05) is 29.1 Å². The number of hydrogen-bond acceptors (Lipinski definition) is 4. The zero-order chi connectivity index (χ0) is 14.0. The average molecular weight is 263 g/mol. The first-order valence-corrected chi connectivity index (χ1v) is 6.62. The van der Waals surface area contributed by atoms with E-state index in [0.717, 1.165) is 23.5 Å². The lowest BCUT2D eigenvalue weighted by Crippen LogP contribution is -2.32. The van der Waals surface area contributed by atoms with Crippen LogP contribution in [0.25, 0.3) is 0 Å². The van der Waals surface area contributed by atoms with Crippen LogP contribution in [0.2, 0.25) is 0 Å². The van der Waals surface area contributed by atoms with Crippen LogP contribution in [-0.4, -0.2) is 30.2 Å². The Labute approximate surface area is 113 Å². The third-order valence-corrected chi connectivity index (χ3v) is 3.37. The highest BCUT2D eigenvalue weighted by Gasteiger charge is 2.22. The summed E-state index contributed by atoms with van der Waals surface area (Å²) in [6.07, 6.45) is 1.10. The summed E-state index contributed by atoms with van der Waals surface area (Å²) in [5.74, 6) is 0.0120. The van der Waals surface area contributed by atoms with E-state index in [1.165, 1.54) is 0 Å². The lowest BCUT2D eigenvalue weighted by atomic mass is 10.1. The number of carbonyl (C=O) groups is 1. The van der Waals surface area contributed by atoms with E-state index in [0.29, 0.717) is 18.5 Å². The van der Waals surface area contributed by atoms with Gasteiger partial charge in [-0.2, -0.15) is 0 Å². The molecule has 0 bridgehead atoms. The van der Waals surface area contributed by atoms with Gasteiger partial charge >= 0.3 is 0 Å². The van der Waals surface area contributed by atoms with E-state index in [9.17, 15) is 4.79 Å². The summed E-state index contributed by atoms with van der Waals surface area (Å²) in [6, 6.07) is 4.09. The van der Waals surface area contributed by atoms with Crippen LogP contribution in [0.15, 0.2) is 12.1 Å². The van der Waals surface area contributed by atoms with Gasteiger partial charge in [-0.25, -0.2) is 0 Å². The molecule has 0 fully saturated rings. The Hall–Kier alpha value is -1.75. The highest BCUT2D eigenvalue weighted by Crippen LogP contribution is 2.34. The minimum Gasteiger partial charge on any atom is -0.397 e. The van der Waals surface area contributed by atoms with E-state index < -0.39 is 0 Å². The van der Waals surface area contributed by atoms with Gasteiger partial charge in [-0.3, -0.25) is 4.79 Å². The Morgan fingerprint density at radius 2 is 2.21 bits per heavy atom. The molecule has 0 aliphatic carbocycles. The molecule has 1 aliphatic heterocycles. The molecule has 0 aromatic heterocycles. The first kappa shape index (κ1) is 13.7. The van der Waals surface area contributed by atoms with E-state index in [2.05, 4.69) is 24.1 Å². The molecule has 1 aromatic carbocycles. The molecule has 0 unspecified atom stereocenters. The molecule has 0 saturated carbocycles. The van der Waals surface area contributed by atoms with Crippen molar-refractivity contribution in [1.82, 2.24) is 0 Å². The van der Waals surface area contributed by atoms with Crippen LogP contribution >= 0.6 is 0 Å². The zero-order valence-corrected chi connectivity index (χ0v) is 11.4. The van der Waals surface area contributed by atoms with Crippen molar-refractivity contribution in [2.24, 2.45) is 0 Å². The fourth-order valence-corrected chi connectivity index (χ4v) is 2.43. The Balaban J connectivity index is 2.32. The molecule has 0 spiro atoms. The van der Waals surface area contributed by atoms with Crippen molar-refractivity contribution < 1.29 is 9.90 Å². The second-order valence-corrected chi connectivity index (χ2v) is 5.16. The molecule has 0 radical (unpaired) electrons. The summed E-state index contributed by atoms with van der Waals surface area (Å²) in [5.41, 5.74) is 9.52. The molecule has 1 heterocycles. The van der Waals surface area contributed by atoms with Gasteiger partial charge in [0.25, 0.3) is 0 Å². The van der Waals surface area contributed by atoms with Gasteiger partial charge in [-0.15, -0.1) is 0 Å². The number of aliphatic hydroxyl groups excluding tert-OH is 1. The van der Waals surface area contributed by atoms with E-state index in [4.69, 9.17) is 10.8 Å². The lowest BCUT2D eigenvalue weighted by molar-refractivity contribution is -0.115. The number of nitrogen functional groups attached to an aromatic ring is 1. The number of nitrogens with zero attached hydrogens (tertiary/aromatic N) is 1. The van der Waals surface area contributed by atoms with Crippen LogP contribution in [0.5, 0.6) is 0 Å². The monoisotopic (exact) mass is 263 g/mol. The van der Waals surface area contributed by atoms with Crippen LogP contribution in [0.3, 0.4) is 0 Å². The van der Waals surface area contributed by atoms with Crippen LogP contribution in [0, 0.1) is 0 Å². The van der Waals surface area contributed by atoms with Gasteiger partial charge in [0.2, 0.25) is 5.91 Å². The quantitative estimate of drug-likeness (QED) is 0.701. The summed E-state index contributed by atoms with van der Waals surface area (Å²) in [4.78, 5) is 13.5. The third-order valence-electron chi connectivity index (χ3n) is 3.37. The van der Waals surface area contributed by atoms with Gasteiger partial charge in [-0.1, -0.05) is 0 Å². The van der Waals surface area contributed by atoms with E-state index in [-0.39, 0.29) is 18.6 Å². The molecule has 104 valence electrons. The van der Waals surface area contributed by atoms with Crippen molar-refractivity contribution in [3.8, 4) is 0 Å². The number of hydrogen-bond donors (Lipinski definition) is 3. The second kappa shape index (κ2) is 5.48. The Kier molecular flexibility index (Phi) is 3.95. The lowest BCUT2D eigenvalue weighted by Gasteiger charge is -2.30. The topological polar surface area (TPSA) is 78.6 Å². The molecule has 1 amide bonds. The standard InChI is InChI=1S/C14H21N3O2/c1-9(2)17(4-3-5-18)13-8-12-10(6-11(13)15)7-14(19)16-12/h6,8-9,18H,3-5,7,15H2,1-2H3,(H,16,19). The van der Waals surface area contributed by atoms with E-state index >= 15 is 0 Å². The van der Waals surface area contributed by atoms with E-state index in [1.54, 1.807) is 0 Å². The van der Waals surface area contributed by atoms with Gasteiger partial charge < -0.3 is 21.1 Å². The zero-order valence-electron chi connectivity index (χ0n) is 11.4. The number of aliphatic hydroxyl groups is 1. The number of carbonyl (C=O) groups excluding carboxylic acids is 1.